The van der Waals surface area contributed by atoms with Crippen LogP contribution in [0.1, 0.15) is 13.8 Å². The van der Waals surface area contributed by atoms with Crippen molar-refractivity contribution in [1.82, 2.24) is 5.32 Å². The van der Waals surface area contributed by atoms with Crippen molar-refractivity contribution in [3.63, 3.8) is 0 Å². The van der Waals surface area contributed by atoms with Crippen molar-refractivity contribution in [3.8, 4) is 17.2 Å². The molecule has 0 saturated carbocycles. The molecule has 0 heterocycles. The van der Waals surface area contributed by atoms with E-state index < -0.39 is 11.9 Å². The molecule has 25 heavy (non-hydrogen) atoms. The van der Waals surface area contributed by atoms with Gasteiger partial charge in [0.25, 0.3) is 5.91 Å². The van der Waals surface area contributed by atoms with Gasteiger partial charge in [-0.25, -0.2) is 0 Å². The average molecular weight is 343 g/mol. The van der Waals surface area contributed by atoms with Gasteiger partial charge in [0.2, 0.25) is 0 Å². The van der Waals surface area contributed by atoms with Crippen LogP contribution in [-0.2, 0) is 14.3 Å². The Morgan fingerprint density at radius 3 is 2.16 bits per heavy atom. The zero-order chi connectivity index (χ0) is 18.1. The number of carbonyl (C=O) groups is 2. The third-order valence-electron chi connectivity index (χ3n) is 2.97. The lowest BCUT2D eigenvalue weighted by molar-refractivity contribution is -0.147. The Morgan fingerprint density at radius 1 is 0.920 bits per heavy atom. The van der Waals surface area contributed by atoms with Crippen LogP contribution in [0.3, 0.4) is 0 Å². The molecule has 0 unspecified atom stereocenters. The van der Waals surface area contributed by atoms with Gasteiger partial charge < -0.3 is 19.5 Å². The number of amides is 1. The Hall–Kier alpha value is -3.02. The number of hydrogen-bond donors (Lipinski definition) is 1. The summed E-state index contributed by atoms with van der Waals surface area (Å²) in [5.41, 5.74) is 0. The molecule has 132 valence electrons. The van der Waals surface area contributed by atoms with E-state index in [0.29, 0.717) is 11.5 Å². The van der Waals surface area contributed by atoms with E-state index in [1.807, 2.05) is 30.3 Å². The van der Waals surface area contributed by atoms with Crippen molar-refractivity contribution >= 4 is 11.9 Å². The number of esters is 1. The first-order chi connectivity index (χ1) is 12.0. The van der Waals surface area contributed by atoms with Crippen LogP contribution >= 0.6 is 0 Å². The third-order valence-corrected chi connectivity index (χ3v) is 2.97. The zero-order valence-corrected chi connectivity index (χ0v) is 14.2. The molecule has 0 fully saturated rings. The lowest BCUT2D eigenvalue weighted by Gasteiger charge is -2.10. The van der Waals surface area contributed by atoms with Gasteiger partial charge in [0, 0.05) is 0 Å². The van der Waals surface area contributed by atoms with E-state index in [-0.39, 0.29) is 19.3 Å². The van der Waals surface area contributed by atoms with Crippen LogP contribution in [0.2, 0.25) is 0 Å². The molecule has 1 N–H and O–H groups in total. The molecule has 0 radical (unpaired) electrons. The first-order valence-electron chi connectivity index (χ1n) is 7.95. The lowest BCUT2D eigenvalue weighted by atomic mass is 10.3. The van der Waals surface area contributed by atoms with Gasteiger partial charge in [0.1, 0.15) is 23.8 Å². The van der Waals surface area contributed by atoms with Gasteiger partial charge in [0.15, 0.2) is 6.61 Å². The highest BCUT2D eigenvalue weighted by Gasteiger charge is 2.09. The molecule has 0 spiro atoms. The Morgan fingerprint density at radius 2 is 1.52 bits per heavy atom. The summed E-state index contributed by atoms with van der Waals surface area (Å²) in [6.07, 6.45) is -0.211. The van der Waals surface area contributed by atoms with Crippen LogP contribution in [0.5, 0.6) is 17.2 Å². The Labute approximate surface area is 146 Å². The number of nitrogens with one attached hydrogen (secondary N) is 1. The summed E-state index contributed by atoms with van der Waals surface area (Å²) in [6.45, 7) is 3.13. The molecule has 2 aromatic rings. The van der Waals surface area contributed by atoms with Gasteiger partial charge in [0.05, 0.1) is 6.10 Å². The largest absolute Gasteiger partial charge is 0.484 e. The van der Waals surface area contributed by atoms with Gasteiger partial charge >= 0.3 is 5.97 Å². The monoisotopic (exact) mass is 343 g/mol. The Bertz CT molecular complexity index is 683. The van der Waals surface area contributed by atoms with Crippen LogP contribution in [0, 0.1) is 0 Å². The molecule has 6 heteroatoms. The molecule has 0 atom stereocenters. The van der Waals surface area contributed by atoms with Gasteiger partial charge in [-0.15, -0.1) is 0 Å². The fraction of sp³-hybridized carbons (Fsp3) is 0.263. The molecule has 0 aliphatic carbocycles. The minimum absolute atomic E-state index is 0.176. The van der Waals surface area contributed by atoms with E-state index in [1.165, 1.54) is 0 Å². The molecule has 2 aromatic carbocycles. The Kier molecular flexibility index (Phi) is 6.83. The van der Waals surface area contributed by atoms with E-state index in [2.05, 4.69) is 5.32 Å². The van der Waals surface area contributed by atoms with Gasteiger partial charge in [-0.3, -0.25) is 9.59 Å². The number of benzene rings is 2. The third kappa shape index (κ3) is 6.95. The maximum absolute atomic E-state index is 11.6. The average Bonchev–Trinajstić information content (AvgIpc) is 2.60. The van der Waals surface area contributed by atoms with Gasteiger partial charge in [-0.05, 0) is 50.2 Å². The van der Waals surface area contributed by atoms with Crippen molar-refractivity contribution in [2.24, 2.45) is 0 Å². The zero-order valence-electron chi connectivity index (χ0n) is 14.2. The van der Waals surface area contributed by atoms with E-state index in [9.17, 15) is 9.59 Å². The predicted molar refractivity (Wildman–Crippen MR) is 92.7 cm³/mol. The van der Waals surface area contributed by atoms with Crippen molar-refractivity contribution < 1.29 is 23.8 Å². The smallest absolute Gasteiger partial charge is 0.325 e. The molecular formula is C19H21NO5. The minimum Gasteiger partial charge on any atom is -0.484 e. The molecular weight excluding hydrogens is 322 g/mol. The summed E-state index contributed by atoms with van der Waals surface area (Å²) in [5.74, 6) is 1.06. The summed E-state index contributed by atoms with van der Waals surface area (Å²) in [5, 5.41) is 2.44. The highest BCUT2D eigenvalue weighted by Crippen LogP contribution is 2.23. The van der Waals surface area contributed by atoms with E-state index >= 15 is 0 Å². The first-order valence-corrected chi connectivity index (χ1v) is 7.95. The summed E-state index contributed by atoms with van der Waals surface area (Å²) in [6, 6.07) is 16.3. The molecule has 1 amide bonds. The molecule has 0 aliphatic rings. The number of carbonyl (C=O) groups excluding carboxylic acids is 2. The summed E-state index contributed by atoms with van der Waals surface area (Å²) in [4.78, 5) is 23.0. The number of rotatable bonds is 8. The molecule has 0 bridgehead atoms. The fourth-order valence-corrected chi connectivity index (χ4v) is 1.90. The summed E-state index contributed by atoms with van der Waals surface area (Å²) >= 11 is 0. The second-order valence-corrected chi connectivity index (χ2v) is 5.49. The quantitative estimate of drug-likeness (QED) is 0.746. The Balaban J connectivity index is 1.74. The van der Waals surface area contributed by atoms with E-state index in [1.54, 1.807) is 38.1 Å². The van der Waals surface area contributed by atoms with Crippen LogP contribution in [-0.4, -0.2) is 31.1 Å². The fourth-order valence-electron chi connectivity index (χ4n) is 1.90. The number of ether oxygens (including phenoxy) is 3. The molecule has 0 aromatic heterocycles. The van der Waals surface area contributed by atoms with Crippen molar-refractivity contribution in [3.05, 3.63) is 54.6 Å². The van der Waals surface area contributed by atoms with Gasteiger partial charge in [-0.2, -0.15) is 0 Å². The second kappa shape index (κ2) is 9.32. The SMILES string of the molecule is CC(C)OC(=O)CNC(=O)COc1ccc(Oc2ccccc2)cc1. The van der Waals surface area contributed by atoms with Gasteiger partial charge in [-0.1, -0.05) is 18.2 Å². The number of para-hydroxylation sites is 1. The van der Waals surface area contributed by atoms with Crippen LogP contribution in [0.25, 0.3) is 0 Å². The van der Waals surface area contributed by atoms with Crippen LogP contribution in [0.4, 0.5) is 0 Å². The molecule has 0 saturated heterocycles. The molecule has 6 nitrogen and oxygen atoms in total. The molecule has 0 aliphatic heterocycles. The predicted octanol–water partition coefficient (Wildman–Crippen LogP) is 2.93. The highest BCUT2D eigenvalue weighted by molar-refractivity contribution is 5.82. The molecule has 2 rings (SSSR count). The summed E-state index contributed by atoms with van der Waals surface area (Å²) < 4.78 is 16.0. The lowest BCUT2D eigenvalue weighted by Crippen LogP contribution is -2.34. The highest BCUT2D eigenvalue weighted by atomic mass is 16.5. The van der Waals surface area contributed by atoms with Crippen molar-refractivity contribution in [2.45, 2.75) is 20.0 Å². The van der Waals surface area contributed by atoms with Crippen LogP contribution in [0.15, 0.2) is 54.6 Å². The summed E-state index contributed by atoms with van der Waals surface area (Å²) in [7, 11) is 0. The standard InChI is InChI=1S/C19H21NO5/c1-14(2)24-19(22)12-20-18(21)13-23-15-8-10-17(11-9-15)25-16-6-4-3-5-7-16/h3-11,14H,12-13H2,1-2H3,(H,20,21). The minimum atomic E-state index is -0.481. The van der Waals surface area contributed by atoms with E-state index in [4.69, 9.17) is 14.2 Å². The normalized spacial score (nSPS) is 10.2. The maximum Gasteiger partial charge on any atom is 0.325 e. The van der Waals surface area contributed by atoms with Crippen LogP contribution < -0.4 is 14.8 Å². The number of hydrogen-bond acceptors (Lipinski definition) is 5. The van der Waals surface area contributed by atoms with E-state index in [0.717, 1.165) is 5.75 Å². The topological polar surface area (TPSA) is 73.9 Å². The first kappa shape index (κ1) is 18.3. The second-order valence-electron chi connectivity index (χ2n) is 5.49. The maximum atomic E-state index is 11.6. The van der Waals surface area contributed by atoms with Crippen molar-refractivity contribution in [1.29, 1.82) is 0 Å². The van der Waals surface area contributed by atoms with Crippen molar-refractivity contribution in [2.75, 3.05) is 13.2 Å².